The molecule has 2 heterocycles. The zero-order valence-corrected chi connectivity index (χ0v) is 10.9. The second-order valence-electron chi connectivity index (χ2n) is 4.43. The van der Waals surface area contributed by atoms with E-state index in [4.69, 9.17) is 16.3 Å². The molecule has 4 nitrogen and oxygen atoms in total. The van der Waals surface area contributed by atoms with Crippen LogP contribution in [0.5, 0.6) is 0 Å². The molecule has 0 aliphatic carbocycles. The van der Waals surface area contributed by atoms with Crippen molar-refractivity contribution in [2.75, 3.05) is 31.7 Å². The maximum Gasteiger partial charge on any atom is 0.151 e. The van der Waals surface area contributed by atoms with Crippen LogP contribution in [0, 0.1) is 5.92 Å². The number of aromatic nitrogens is 2. The average Bonchev–Trinajstić information content (AvgIpc) is 2.40. The fraction of sp³-hybridized carbons (Fsp3) is 0.667. The monoisotopic (exact) mass is 255 g/mol. The Labute approximate surface area is 107 Å². The van der Waals surface area contributed by atoms with Crippen molar-refractivity contribution in [1.29, 1.82) is 0 Å². The van der Waals surface area contributed by atoms with Gasteiger partial charge in [-0.1, -0.05) is 0 Å². The van der Waals surface area contributed by atoms with Gasteiger partial charge in [-0.25, -0.2) is 0 Å². The van der Waals surface area contributed by atoms with Gasteiger partial charge in [0.15, 0.2) is 5.82 Å². The number of nitrogens with zero attached hydrogens (tertiary/aromatic N) is 3. The zero-order valence-electron chi connectivity index (χ0n) is 10.1. The molecule has 1 atom stereocenters. The normalized spacial score (nSPS) is 20.6. The molecule has 0 N–H and O–H groups in total. The molecule has 0 saturated carbocycles. The van der Waals surface area contributed by atoms with Crippen LogP contribution in [-0.4, -0.2) is 37.0 Å². The number of rotatable bonds is 4. The molecular formula is C12H18ClN3O. The van der Waals surface area contributed by atoms with Crippen molar-refractivity contribution < 1.29 is 4.74 Å². The lowest BCUT2D eigenvalue weighted by Gasteiger charge is -2.32. The molecule has 17 heavy (non-hydrogen) atoms. The Bertz CT molecular complexity index is 342. The van der Waals surface area contributed by atoms with Gasteiger partial charge in [0, 0.05) is 20.2 Å². The minimum absolute atomic E-state index is 0.416. The van der Waals surface area contributed by atoms with Crippen molar-refractivity contribution in [2.45, 2.75) is 18.7 Å². The van der Waals surface area contributed by atoms with Crippen LogP contribution < -0.4 is 4.90 Å². The van der Waals surface area contributed by atoms with E-state index in [1.807, 2.05) is 12.1 Å². The van der Waals surface area contributed by atoms with Gasteiger partial charge in [-0.2, -0.15) is 5.10 Å². The summed E-state index contributed by atoms with van der Waals surface area (Å²) in [5.74, 6) is 1.96. The first-order valence-corrected chi connectivity index (χ1v) is 6.49. The molecule has 1 aliphatic rings. The molecule has 0 amide bonds. The van der Waals surface area contributed by atoms with Gasteiger partial charge in [-0.3, -0.25) is 0 Å². The van der Waals surface area contributed by atoms with Crippen LogP contribution in [0.4, 0.5) is 5.82 Å². The molecule has 1 aromatic rings. The fourth-order valence-corrected chi connectivity index (χ4v) is 2.38. The highest BCUT2D eigenvalue weighted by molar-refractivity contribution is 6.16. The van der Waals surface area contributed by atoms with Gasteiger partial charge in [0.2, 0.25) is 0 Å². The van der Waals surface area contributed by atoms with Crippen molar-refractivity contribution in [1.82, 2.24) is 10.2 Å². The Morgan fingerprint density at radius 3 is 3.00 bits per heavy atom. The van der Waals surface area contributed by atoms with E-state index in [2.05, 4.69) is 15.1 Å². The molecule has 0 bridgehead atoms. The first kappa shape index (κ1) is 12.6. The fourth-order valence-electron chi connectivity index (χ4n) is 2.24. The van der Waals surface area contributed by atoms with Gasteiger partial charge in [0.25, 0.3) is 0 Å². The van der Waals surface area contributed by atoms with Crippen LogP contribution in [0.15, 0.2) is 12.1 Å². The number of methoxy groups -OCH3 is 1. The maximum atomic E-state index is 5.70. The zero-order chi connectivity index (χ0) is 12.1. The maximum absolute atomic E-state index is 5.70. The van der Waals surface area contributed by atoms with Gasteiger partial charge >= 0.3 is 0 Å². The molecule has 1 saturated heterocycles. The molecule has 94 valence electrons. The van der Waals surface area contributed by atoms with Crippen molar-refractivity contribution in [3.63, 3.8) is 0 Å². The number of ether oxygens (including phenoxy) is 1. The molecular weight excluding hydrogens is 238 g/mol. The highest BCUT2D eigenvalue weighted by Crippen LogP contribution is 2.21. The Balaban J connectivity index is 2.00. The van der Waals surface area contributed by atoms with Crippen molar-refractivity contribution >= 4 is 17.4 Å². The van der Waals surface area contributed by atoms with Crippen molar-refractivity contribution in [3.05, 3.63) is 17.8 Å². The summed E-state index contributed by atoms with van der Waals surface area (Å²) in [6, 6.07) is 3.94. The molecule has 1 aromatic heterocycles. The summed E-state index contributed by atoms with van der Waals surface area (Å²) in [5.41, 5.74) is 0.820. The van der Waals surface area contributed by atoms with Crippen LogP contribution in [-0.2, 0) is 10.6 Å². The summed E-state index contributed by atoms with van der Waals surface area (Å²) in [6.45, 7) is 2.88. The third-order valence-electron chi connectivity index (χ3n) is 3.09. The number of hydrogen-bond donors (Lipinski definition) is 0. The standard InChI is InChI=1S/C12H18ClN3O/c1-17-9-10-3-2-6-16(8-10)12-5-4-11(7-13)14-15-12/h4-5,10H,2-3,6-9H2,1H3. The Morgan fingerprint density at radius 1 is 1.47 bits per heavy atom. The van der Waals surface area contributed by atoms with E-state index in [1.165, 1.54) is 12.8 Å². The lowest BCUT2D eigenvalue weighted by molar-refractivity contribution is 0.143. The van der Waals surface area contributed by atoms with Crippen LogP contribution in [0.3, 0.4) is 0 Å². The second-order valence-corrected chi connectivity index (χ2v) is 4.69. The molecule has 0 spiro atoms. The topological polar surface area (TPSA) is 38.2 Å². The summed E-state index contributed by atoms with van der Waals surface area (Å²) in [5, 5.41) is 8.31. The van der Waals surface area contributed by atoms with Gasteiger partial charge in [-0.05, 0) is 30.9 Å². The van der Waals surface area contributed by atoms with E-state index in [0.29, 0.717) is 11.8 Å². The lowest BCUT2D eigenvalue weighted by Crippen LogP contribution is -2.37. The third-order valence-corrected chi connectivity index (χ3v) is 3.36. The van der Waals surface area contributed by atoms with E-state index >= 15 is 0 Å². The van der Waals surface area contributed by atoms with E-state index < -0.39 is 0 Å². The second kappa shape index (κ2) is 6.17. The van der Waals surface area contributed by atoms with Crippen LogP contribution in [0.1, 0.15) is 18.5 Å². The minimum atomic E-state index is 0.416. The highest BCUT2D eigenvalue weighted by atomic mass is 35.5. The highest BCUT2D eigenvalue weighted by Gasteiger charge is 2.20. The van der Waals surface area contributed by atoms with Gasteiger partial charge in [0.05, 0.1) is 18.2 Å². The van der Waals surface area contributed by atoms with Crippen molar-refractivity contribution in [3.8, 4) is 0 Å². The lowest BCUT2D eigenvalue weighted by atomic mass is 9.99. The first-order chi connectivity index (χ1) is 8.33. The average molecular weight is 256 g/mol. The minimum Gasteiger partial charge on any atom is -0.384 e. The summed E-state index contributed by atoms with van der Waals surface area (Å²) in [7, 11) is 1.76. The van der Waals surface area contributed by atoms with E-state index in [0.717, 1.165) is 31.2 Å². The van der Waals surface area contributed by atoms with Crippen molar-refractivity contribution in [2.24, 2.45) is 5.92 Å². The molecule has 1 fully saturated rings. The quantitative estimate of drug-likeness (QED) is 0.772. The molecule has 0 radical (unpaired) electrons. The van der Waals surface area contributed by atoms with Crippen LogP contribution >= 0.6 is 11.6 Å². The summed E-state index contributed by atoms with van der Waals surface area (Å²) in [6.07, 6.45) is 2.42. The molecule has 1 unspecified atom stereocenters. The number of hydrogen-bond acceptors (Lipinski definition) is 4. The molecule has 2 rings (SSSR count). The smallest absolute Gasteiger partial charge is 0.151 e. The molecule has 1 aliphatic heterocycles. The van der Waals surface area contributed by atoms with Crippen LogP contribution in [0.25, 0.3) is 0 Å². The SMILES string of the molecule is COCC1CCCN(c2ccc(CCl)nn2)C1. The third kappa shape index (κ3) is 3.30. The predicted octanol–water partition coefficient (Wildman–Crippen LogP) is 2.08. The number of halogens is 1. The number of piperidine rings is 1. The van der Waals surface area contributed by atoms with E-state index in [9.17, 15) is 0 Å². The summed E-state index contributed by atoms with van der Waals surface area (Å²) < 4.78 is 5.22. The Kier molecular flexibility index (Phi) is 4.57. The first-order valence-electron chi connectivity index (χ1n) is 5.96. The largest absolute Gasteiger partial charge is 0.384 e. The molecule has 5 heteroatoms. The van der Waals surface area contributed by atoms with E-state index in [-0.39, 0.29) is 0 Å². The van der Waals surface area contributed by atoms with Gasteiger partial charge in [-0.15, -0.1) is 16.7 Å². The van der Waals surface area contributed by atoms with E-state index in [1.54, 1.807) is 7.11 Å². The number of alkyl halides is 1. The Morgan fingerprint density at radius 2 is 2.35 bits per heavy atom. The predicted molar refractivity (Wildman–Crippen MR) is 68.4 cm³/mol. The summed E-state index contributed by atoms with van der Waals surface area (Å²) in [4.78, 5) is 2.28. The van der Waals surface area contributed by atoms with Gasteiger partial charge < -0.3 is 9.64 Å². The number of anilines is 1. The van der Waals surface area contributed by atoms with Gasteiger partial charge in [0.1, 0.15) is 0 Å². The molecule has 0 aromatic carbocycles. The Hall–Kier alpha value is -0.870. The van der Waals surface area contributed by atoms with Crippen LogP contribution in [0.2, 0.25) is 0 Å². The summed E-state index contributed by atoms with van der Waals surface area (Å²) >= 11 is 5.70.